The van der Waals surface area contributed by atoms with Crippen molar-refractivity contribution in [3.8, 4) is 0 Å². The lowest BCUT2D eigenvalue weighted by molar-refractivity contribution is 0.589. The Labute approximate surface area is 136 Å². The summed E-state index contributed by atoms with van der Waals surface area (Å²) in [6.45, 7) is 4.53. The number of nitrogens with one attached hydrogen (secondary N) is 1. The van der Waals surface area contributed by atoms with E-state index in [0.29, 0.717) is 11.4 Å². The molecular weight excluding hydrogens is 308 g/mol. The van der Waals surface area contributed by atoms with Crippen LogP contribution in [0.1, 0.15) is 16.7 Å². The first-order chi connectivity index (χ1) is 10.9. The molecule has 0 unspecified atom stereocenters. The maximum atomic E-state index is 13.0. The van der Waals surface area contributed by atoms with E-state index in [9.17, 15) is 8.42 Å². The van der Waals surface area contributed by atoms with Crippen molar-refractivity contribution in [1.29, 1.82) is 0 Å². The monoisotopic (exact) mass is 328 g/mol. The van der Waals surface area contributed by atoms with Crippen LogP contribution in [-0.4, -0.2) is 19.4 Å². The van der Waals surface area contributed by atoms with E-state index in [1.807, 2.05) is 51.2 Å². The Morgan fingerprint density at radius 1 is 1.00 bits per heavy atom. The smallest absolute Gasteiger partial charge is 0.268 e. The van der Waals surface area contributed by atoms with Gasteiger partial charge in [0.2, 0.25) is 0 Å². The van der Waals surface area contributed by atoms with Gasteiger partial charge in [-0.2, -0.15) is 0 Å². The van der Waals surface area contributed by atoms with E-state index in [4.69, 9.17) is 0 Å². The fourth-order valence-electron chi connectivity index (χ4n) is 2.73. The SMILES string of the molecule is CNCc1cn(S(=O)(=O)c2ccc(C)cc2)c2cc(C)ccc12. The molecule has 120 valence electrons. The van der Waals surface area contributed by atoms with Gasteiger partial charge >= 0.3 is 0 Å². The van der Waals surface area contributed by atoms with Crippen molar-refractivity contribution < 1.29 is 8.42 Å². The maximum absolute atomic E-state index is 13.0. The molecule has 0 spiro atoms. The van der Waals surface area contributed by atoms with Gasteiger partial charge in [-0.1, -0.05) is 29.8 Å². The molecule has 1 heterocycles. The van der Waals surface area contributed by atoms with Crippen molar-refractivity contribution in [2.45, 2.75) is 25.3 Å². The molecule has 0 saturated carbocycles. The molecule has 0 bridgehead atoms. The lowest BCUT2D eigenvalue weighted by Crippen LogP contribution is -2.12. The second-order valence-corrected chi connectivity index (χ2v) is 7.63. The average Bonchev–Trinajstić information content (AvgIpc) is 2.87. The van der Waals surface area contributed by atoms with Gasteiger partial charge < -0.3 is 5.32 Å². The van der Waals surface area contributed by atoms with E-state index < -0.39 is 10.0 Å². The number of hydrogen-bond donors (Lipinski definition) is 1. The Morgan fingerprint density at radius 2 is 1.65 bits per heavy atom. The van der Waals surface area contributed by atoms with Crippen molar-refractivity contribution >= 4 is 20.9 Å². The van der Waals surface area contributed by atoms with Gasteiger partial charge in [-0.3, -0.25) is 0 Å². The van der Waals surface area contributed by atoms with E-state index >= 15 is 0 Å². The molecule has 0 aliphatic heterocycles. The summed E-state index contributed by atoms with van der Waals surface area (Å²) in [4.78, 5) is 0.303. The Kier molecular flexibility index (Phi) is 4.00. The zero-order valence-corrected chi connectivity index (χ0v) is 14.3. The van der Waals surface area contributed by atoms with Crippen molar-refractivity contribution in [3.05, 3.63) is 65.4 Å². The van der Waals surface area contributed by atoms with Gasteiger partial charge in [0, 0.05) is 18.1 Å². The van der Waals surface area contributed by atoms with Crippen LogP contribution in [-0.2, 0) is 16.6 Å². The van der Waals surface area contributed by atoms with Crippen LogP contribution < -0.4 is 5.32 Å². The summed E-state index contributed by atoms with van der Waals surface area (Å²) < 4.78 is 27.5. The summed E-state index contributed by atoms with van der Waals surface area (Å²) in [5, 5.41) is 4.05. The zero-order chi connectivity index (χ0) is 16.6. The van der Waals surface area contributed by atoms with Crippen LogP contribution in [0.2, 0.25) is 0 Å². The summed E-state index contributed by atoms with van der Waals surface area (Å²) in [6.07, 6.45) is 1.72. The van der Waals surface area contributed by atoms with Gasteiger partial charge in [0.15, 0.2) is 0 Å². The lowest BCUT2D eigenvalue weighted by Gasteiger charge is -2.08. The first-order valence-electron chi connectivity index (χ1n) is 7.51. The van der Waals surface area contributed by atoms with Crippen LogP contribution in [0.4, 0.5) is 0 Å². The van der Waals surface area contributed by atoms with Crippen LogP contribution >= 0.6 is 0 Å². The minimum absolute atomic E-state index is 0.303. The molecule has 0 fully saturated rings. The van der Waals surface area contributed by atoms with E-state index in [1.54, 1.807) is 18.3 Å². The molecular formula is C18H20N2O2S. The summed E-state index contributed by atoms with van der Waals surface area (Å²) in [5.41, 5.74) is 3.76. The molecule has 0 aliphatic rings. The van der Waals surface area contributed by atoms with Crippen molar-refractivity contribution in [3.63, 3.8) is 0 Å². The molecule has 0 saturated heterocycles. The first-order valence-corrected chi connectivity index (χ1v) is 8.95. The third kappa shape index (κ3) is 2.78. The summed E-state index contributed by atoms with van der Waals surface area (Å²) >= 11 is 0. The highest BCUT2D eigenvalue weighted by atomic mass is 32.2. The Bertz CT molecular complexity index is 955. The van der Waals surface area contributed by atoms with Gasteiger partial charge in [0.1, 0.15) is 0 Å². The van der Waals surface area contributed by atoms with E-state index in [-0.39, 0.29) is 0 Å². The minimum Gasteiger partial charge on any atom is -0.316 e. The van der Waals surface area contributed by atoms with E-state index in [0.717, 1.165) is 27.6 Å². The predicted octanol–water partition coefficient (Wildman–Crippen LogP) is 3.21. The third-order valence-corrected chi connectivity index (χ3v) is 5.64. The van der Waals surface area contributed by atoms with Crippen LogP contribution in [0.15, 0.2) is 53.6 Å². The van der Waals surface area contributed by atoms with Crippen LogP contribution in [0.5, 0.6) is 0 Å². The predicted molar refractivity (Wildman–Crippen MR) is 93.2 cm³/mol. The molecule has 3 aromatic rings. The number of rotatable bonds is 4. The Morgan fingerprint density at radius 3 is 2.30 bits per heavy atom. The number of nitrogens with zero attached hydrogens (tertiary/aromatic N) is 1. The molecule has 3 rings (SSSR count). The molecule has 2 aromatic carbocycles. The Balaban J connectivity index is 2.26. The van der Waals surface area contributed by atoms with Crippen LogP contribution in [0.25, 0.3) is 10.9 Å². The molecule has 1 N–H and O–H groups in total. The quantitative estimate of drug-likeness (QED) is 0.800. The fraction of sp³-hybridized carbons (Fsp3) is 0.222. The van der Waals surface area contributed by atoms with Crippen LogP contribution in [0.3, 0.4) is 0 Å². The van der Waals surface area contributed by atoms with Crippen molar-refractivity contribution in [2.75, 3.05) is 7.05 Å². The second-order valence-electron chi connectivity index (χ2n) is 5.82. The number of hydrogen-bond acceptors (Lipinski definition) is 3. The number of fused-ring (bicyclic) bond motifs is 1. The zero-order valence-electron chi connectivity index (χ0n) is 13.5. The van der Waals surface area contributed by atoms with Crippen LogP contribution in [0, 0.1) is 13.8 Å². The summed E-state index contributed by atoms with van der Waals surface area (Å²) in [6, 6.07) is 12.9. The largest absolute Gasteiger partial charge is 0.316 e. The van der Waals surface area contributed by atoms with E-state index in [1.165, 1.54) is 3.97 Å². The standard InChI is InChI=1S/C18H20N2O2S/c1-13-4-7-16(8-5-13)23(21,22)20-12-15(11-19-3)17-9-6-14(2)10-18(17)20/h4-10,12,19H,11H2,1-3H3. The van der Waals surface area contributed by atoms with Crippen molar-refractivity contribution in [2.24, 2.45) is 0 Å². The fourth-order valence-corrected chi connectivity index (χ4v) is 4.11. The van der Waals surface area contributed by atoms with Crippen molar-refractivity contribution in [1.82, 2.24) is 9.29 Å². The van der Waals surface area contributed by atoms with E-state index in [2.05, 4.69) is 5.32 Å². The second kappa shape index (κ2) is 5.83. The van der Waals surface area contributed by atoms with Gasteiger partial charge in [-0.25, -0.2) is 12.4 Å². The molecule has 5 heteroatoms. The Hall–Kier alpha value is -2.11. The van der Waals surface area contributed by atoms with Gasteiger partial charge in [-0.15, -0.1) is 0 Å². The number of aryl methyl sites for hydroxylation is 2. The maximum Gasteiger partial charge on any atom is 0.268 e. The average molecular weight is 328 g/mol. The molecule has 1 aromatic heterocycles. The molecule has 0 aliphatic carbocycles. The lowest BCUT2D eigenvalue weighted by atomic mass is 10.1. The topological polar surface area (TPSA) is 51.1 Å². The highest BCUT2D eigenvalue weighted by Gasteiger charge is 2.21. The minimum atomic E-state index is -3.61. The number of aromatic nitrogens is 1. The molecule has 0 amide bonds. The molecule has 23 heavy (non-hydrogen) atoms. The molecule has 0 radical (unpaired) electrons. The highest BCUT2D eigenvalue weighted by molar-refractivity contribution is 7.90. The summed E-state index contributed by atoms with van der Waals surface area (Å²) in [7, 11) is -1.75. The third-order valence-electron chi connectivity index (χ3n) is 3.95. The van der Waals surface area contributed by atoms with Gasteiger partial charge in [-0.05, 0) is 50.2 Å². The first kappa shape index (κ1) is 15.8. The van der Waals surface area contributed by atoms with Gasteiger partial charge in [0.25, 0.3) is 10.0 Å². The highest BCUT2D eigenvalue weighted by Crippen LogP contribution is 2.27. The normalized spacial score (nSPS) is 12.0. The number of benzene rings is 2. The molecule has 4 nitrogen and oxygen atoms in total. The molecule has 0 atom stereocenters. The van der Waals surface area contributed by atoms with Gasteiger partial charge in [0.05, 0.1) is 10.4 Å². The summed E-state index contributed by atoms with van der Waals surface area (Å²) in [5.74, 6) is 0.